The van der Waals surface area contributed by atoms with Crippen molar-refractivity contribution in [1.29, 1.82) is 0 Å². The number of carbonyl (C=O) groups excluding carboxylic acids is 1. The summed E-state index contributed by atoms with van der Waals surface area (Å²) in [6, 6.07) is 5.73. The van der Waals surface area contributed by atoms with E-state index in [4.69, 9.17) is 4.74 Å². The molecule has 5 heteroatoms. The summed E-state index contributed by atoms with van der Waals surface area (Å²) < 4.78 is 5.78. The van der Waals surface area contributed by atoms with Crippen LogP contribution in [-0.4, -0.2) is 53.6 Å². The molecule has 0 aliphatic carbocycles. The molecule has 1 N–H and O–H groups in total. The number of rotatable bonds is 5. The van der Waals surface area contributed by atoms with Crippen LogP contribution in [0.15, 0.2) is 18.2 Å². The SMILES string of the molecule is CCCN1CCC(CC(=O)N2CCOc3ccc(CO)cc3C2)CC1. The van der Waals surface area contributed by atoms with Crippen molar-refractivity contribution in [3.8, 4) is 5.75 Å². The van der Waals surface area contributed by atoms with E-state index in [1.165, 1.54) is 13.0 Å². The van der Waals surface area contributed by atoms with Crippen molar-refractivity contribution in [3.63, 3.8) is 0 Å². The van der Waals surface area contributed by atoms with Gasteiger partial charge in [-0.15, -0.1) is 0 Å². The minimum atomic E-state index is 0.0115. The van der Waals surface area contributed by atoms with E-state index >= 15 is 0 Å². The number of likely N-dealkylation sites (tertiary alicyclic amines) is 1. The van der Waals surface area contributed by atoms with E-state index in [2.05, 4.69) is 11.8 Å². The topological polar surface area (TPSA) is 53.0 Å². The van der Waals surface area contributed by atoms with E-state index in [1.807, 2.05) is 23.1 Å². The van der Waals surface area contributed by atoms with E-state index in [9.17, 15) is 9.90 Å². The quantitative estimate of drug-likeness (QED) is 0.890. The molecule has 2 aliphatic rings. The molecule has 138 valence electrons. The average molecular weight is 346 g/mol. The minimum Gasteiger partial charge on any atom is -0.491 e. The highest BCUT2D eigenvalue weighted by atomic mass is 16.5. The van der Waals surface area contributed by atoms with Gasteiger partial charge in [-0.2, -0.15) is 0 Å². The molecule has 3 rings (SSSR count). The maximum Gasteiger partial charge on any atom is 0.223 e. The van der Waals surface area contributed by atoms with Crippen molar-refractivity contribution in [3.05, 3.63) is 29.3 Å². The van der Waals surface area contributed by atoms with Gasteiger partial charge in [0.15, 0.2) is 0 Å². The fourth-order valence-electron chi connectivity index (χ4n) is 3.87. The Kier molecular flexibility index (Phi) is 6.32. The second-order valence-corrected chi connectivity index (χ2v) is 7.25. The van der Waals surface area contributed by atoms with E-state index in [-0.39, 0.29) is 12.5 Å². The fraction of sp³-hybridized carbons (Fsp3) is 0.650. The first-order valence-electron chi connectivity index (χ1n) is 9.55. The molecular weight excluding hydrogens is 316 g/mol. The Morgan fingerprint density at radius 3 is 2.80 bits per heavy atom. The molecule has 0 saturated carbocycles. The Morgan fingerprint density at radius 2 is 2.08 bits per heavy atom. The number of hydrogen-bond acceptors (Lipinski definition) is 4. The Bertz CT molecular complexity index is 582. The van der Waals surface area contributed by atoms with Crippen molar-refractivity contribution >= 4 is 5.91 Å². The van der Waals surface area contributed by atoms with Crippen LogP contribution < -0.4 is 4.74 Å². The Morgan fingerprint density at radius 1 is 1.28 bits per heavy atom. The monoisotopic (exact) mass is 346 g/mol. The normalized spacial score (nSPS) is 19.2. The van der Waals surface area contributed by atoms with Crippen LogP contribution in [0.3, 0.4) is 0 Å². The van der Waals surface area contributed by atoms with Gasteiger partial charge in [-0.3, -0.25) is 4.79 Å². The second-order valence-electron chi connectivity index (χ2n) is 7.25. The van der Waals surface area contributed by atoms with Crippen LogP contribution in [0.5, 0.6) is 5.75 Å². The fourth-order valence-corrected chi connectivity index (χ4v) is 3.87. The predicted molar refractivity (Wildman–Crippen MR) is 97.3 cm³/mol. The summed E-state index contributed by atoms with van der Waals surface area (Å²) in [5.74, 6) is 1.58. The average Bonchev–Trinajstić information content (AvgIpc) is 2.85. The standard InChI is InChI=1S/C20H30N2O3/c1-2-7-21-8-5-16(6-9-21)13-20(24)22-10-11-25-19-4-3-17(15-23)12-18(19)14-22/h3-4,12,16,23H,2,5-11,13-15H2,1H3. The van der Waals surface area contributed by atoms with Gasteiger partial charge in [0.25, 0.3) is 0 Å². The summed E-state index contributed by atoms with van der Waals surface area (Å²) in [6.45, 7) is 7.40. The van der Waals surface area contributed by atoms with Gasteiger partial charge in [-0.25, -0.2) is 0 Å². The molecule has 0 atom stereocenters. The molecule has 1 aromatic rings. The number of benzene rings is 1. The number of hydrogen-bond donors (Lipinski definition) is 1. The maximum absolute atomic E-state index is 12.8. The highest BCUT2D eigenvalue weighted by molar-refractivity contribution is 5.76. The molecule has 5 nitrogen and oxygen atoms in total. The lowest BCUT2D eigenvalue weighted by molar-refractivity contribution is -0.133. The number of carbonyl (C=O) groups is 1. The van der Waals surface area contributed by atoms with E-state index in [1.54, 1.807) is 0 Å². The molecule has 0 aromatic heterocycles. The van der Waals surface area contributed by atoms with Gasteiger partial charge < -0.3 is 19.6 Å². The lowest BCUT2D eigenvalue weighted by Crippen LogP contribution is -2.38. The van der Waals surface area contributed by atoms with Gasteiger partial charge in [-0.1, -0.05) is 13.0 Å². The van der Waals surface area contributed by atoms with Crippen LogP contribution in [0, 0.1) is 5.92 Å². The molecule has 0 spiro atoms. The number of piperidine rings is 1. The first-order valence-corrected chi connectivity index (χ1v) is 9.55. The third-order valence-electron chi connectivity index (χ3n) is 5.35. The van der Waals surface area contributed by atoms with Gasteiger partial charge in [0.1, 0.15) is 12.4 Å². The number of amides is 1. The maximum atomic E-state index is 12.8. The number of ether oxygens (including phenoxy) is 1. The van der Waals surface area contributed by atoms with Crippen molar-refractivity contribution < 1.29 is 14.6 Å². The Hall–Kier alpha value is -1.59. The third kappa shape index (κ3) is 4.73. The number of aliphatic hydroxyl groups is 1. The summed E-state index contributed by atoms with van der Waals surface area (Å²) in [5, 5.41) is 9.34. The minimum absolute atomic E-state index is 0.0115. The van der Waals surface area contributed by atoms with Crippen LogP contribution in [0.1, 0.15) is 43.7 Å². The number of aliphatic hydroxyl groups excluding tert-OH is 1. The molecular formula is C20H30N2O3. The molecule has 1 amide bonds. The van der Waals surface area contributed by atoms with Gasteiger partial charge in [0.05, 0.1) is 13.2 Å². The van der Waals surface area contributed by atoms with Crippen molar-refractivity contribution in [2.75, 3.05) is 32.8 Å². The molecule has 1 aromatic carbocycles. The van der Waals surface area contributed by atoms with Gasteiger partial charge >= 0.3 is 0 Å². The number of fused-ring (bicyclic) bond motifs is 1. The predicted octanol–water partition coefficient (Wildman–Crippen LogP) is 2.41. The zero-order chi connectivity index (χ0) is 17.6. The van der Waals surface area contributed by atoms with Crippen LogP contribution >= 0.6 is 0 Å². The number of nitrogens with zero attached hydrogens (tertiary/aromatic N) is 2. The smallest absolute Gasteiger partial charge is 0.223 e. The molecule has 25 heavy (non-hydrogen) atoms. The van der Waals surface area contributed by atoms with E-state index in [0.29, 0.717) is 32.0 Å². The van der Waals surface area contributed by atoms with E-state index in [0.717, 1.165) is 42.8 Å². The molecule has 2 aliphatic heterocycles. The first kappa shape index (κ1) is 18.2. The molecule has 0 radical (unpaired) electrons. The highest BCUT2D eigenvalue weighted by Crippen LogP contribution is 2.26. The van der Waals surface area contributed by atoms with Crippen molar-refractivity contribution in [2.24, 2.45) is 5.92 Å². The summed E-state index contributed by atoms with van der Waals surface area (Å²) >= 11 is 0. The van der Waals surface area contributed by atoms with Gasteiger partial charge in [0.2, 0.25) is 5.91 Å². The van der Waals surface area contributed by atoms with Crippen molar-refractivity contribution in [1.82, 2.24) is 9.80 Å². The van der Waals surface area contributed by atoms with Crippen molar-refractivity contribution in [2.45, 2.75) is 45.8 Å². The van der Waals surface area contributed by atoms with Crippen LogP contribution in [0.2, 0.25) is 0 Å². The zero-order valence-corrected chi connectivity index (χ0v) is 15.2. The largest absolute Gasteiger partial charge is 0.491 e. The third-order valence-corrected chi connectivity index (χ3v) is 5.35. The molecule has 0 unspecified atom stereocenters. The summed E-state index contributed by atoms with van der Waals surface area (Å²) in [5.41, 5.74) is 1.86. The second kappa shape index (κ2) is 8.68. The molecule has 1 saturated heterocycles. The Labute approximate surface area is 150 Å². The lowest BCUT2D eigenvalue weighted by Gasteiger charge is -2.32. The summed E-state index contributed by atoms with van der Waals surface area (Å²) in [7, 11) is 0. The molecule has 0 bridgehead atoms. The Balaban J connectivity index is 1.57. The molecule has 1 fully saturated rings. The van der Waals surface area contributed by atoms with Crippen LogP contribution in [-0.2, 0) is 17.9 Å². The first-order chi connectivity index (χ1) is 12.2. The molecule has 2 heterocycles. The summed E-state index contributed by atoms with van der Waals surface area (Å²) in [6.07, 6.45) is 4.10. The van der Waals surface area contributed by atoms with Crippen LogP contribution in [0.25, 0.3) is 0 Å². The van der Waals surface area contributed by atoms with Gasteiger partial charge in [-0.05, 0) is 62.5 Å². The van der Waals surface area contributed by atoms with Gasteiger partial charge in [0, 0.05) is 18.5 Å². The lowest BCUT2D eigenvalue weighted by atomic mass is 9.93. The zero-order valence-electron chi connectivity index (χ0n) is 15.2. The van der Waals surface area contributed by atoms with E-state index < -0.39 is 0 Å². The highest BCUT2D eigenvalue weighted by Gasteiger charge is 2.25. The summed E-state index contributed by atoms with van der Waals surface area (Å²) in [4.78, 5) is 17.2. The van der Waals surface area contributed by atoms with Crippen LogP contribution in [0.4, 0.5) is 0 Å².